The minimum atomic E-state index is -5.89. The number of alkyl halides is 5. The zero-order valence-corrected chi connectivity index (χ0v) is 16.1. The van der Waals surface area contributed by atoms with E-state index in [0.717, 1.165) is 36.5 Å². The van der Waals surface area contributed by atoms with Gasteiger partial charge >= 0.3 is 12.1 Å². The van der Waals surface area contributed by atoms with Crippen molar-refractivity contribution in [2.24, 2.45) is 0 Å². The molecular formula is C20H13F6N3O3. The van der Waals surface area contributed by atoms with Crippen LogP contribution in [0.2, 0.25) is 0 Å². The number of benzene rings is 2. The molecule has 2 N–H and O–H groups in total. The number of nitrogens with zero attached hydrogens (tertiary/aromatic N) is 1. The van der Waals surface area contributed by atoms with Crippen LogP contribution in [0.4, 0.5) is 32.0 Å². The van der Waals surface area contributed by atoms with Crippen LogP contribution < -0.4 is 15.6 Å². The molecule has 168 valence electrons. The van der Waals surface area contributed by atoms with Crippen molar-refractivity contribution in [1.82, 2.24) is 10.2 Å². The molecule has 6 nitrogen and oxygen atoms in total. The first-order chi connectivity index (χ1) is 14.9. The van der Waals surface area contributed by atoms with Gasteiger partial charge in [-0.05, 0) is 42.8 Å². The summed E-state index contributed by atoms with van der Waals surface area (Å²) in [6, 6.07) is 5.66. The average Bonchev–Trinajstić information content (AvgIpc) is 2.69. The summed E-state index contributed by atoms with van der Waals surface area (Å²) in [6.07, 6.45) is -4.81. The fourth-order valence-corrected chi connectivity index (χ4v) is 2.64. The van der Waals surface area contributed by atoms with E-state index in [-0.39, 0.29) is 17.0 Å². The van der Waals surface area contributed by atoms with Gasteiger partial charge in [0.05, 0.1) is 17.4 Å². The summed E-state index contributed by atoms with van der Waals surface area (Å²) in [5, 5.41) is 7.81. The normalized spacial score (nSPS) is 11.8. The molecule has 0 aliphatic carbocycles. The second-order valence-electron chi connectivity index (χ2n) is 6.58. The van der Waals surface area contributed by atoms with Gasteiger partial charge < -0.3 is 10.1 Å². The summed E-state index contributed by atoms with van der Waals surface area (Å²) < 4.78 is 84.9. The number of carbonyl (C=O) groups excluding carboxylic acids is 1. The van der Waals surface area contributed by atoms with Crippen LogP contribution in [0.25, 0.3) is 0 Å². The topological polar surface area (TPSA) is 84.1 Å². The van der Waals surface area contributed by atoms with Crippen molar-refractivity contribution in [2.45, 2.75) is 19.0 Å². The van der Waals surface area contributed by atoms with E-state index in [1.54, 1.807) is 0 Å². The molecule has 0 aliphatic heterocycles. The number of amides is 1. The monoisotopic (exact) mass is 457 g/mol. The van der Waals surface area contributed by atoms with Crippen molar-refractivity contribution in [1.29, 1.82) is 0 Å². The van der Waals surface area contributed by atoms with Gasteiger partial charge in [0.1, 0.15) is 17.3 Å². The molecular weight excluding hydrogens is 444 g/mol. The molecule has 32 heavy (non-hydrogen) atoms. The van der Waals surface area contributed by atoms with Crippen LogP contribution in [-0.2, 0) is 5.92 Å². The summed E-state index contributed by atoms with van der Waals surface area (Å²) in [5.41, 5.74) is -2.40. The van der Waals surface area contributed by atoms with E-state index in [4.69, 9.17) is 4.74 Å². The summed E-state index contributed by atoms with van der Waals surface area (Å²) in [5.74, 6) is -7.56. The highest BCUT2D eigenvalue weighted by molar-refractivity contribution is 6.06. The molecule has 3 rings (SSSR count). The number of ether oxygens (including phenoxy) is 1. The molecule has 1 heterocycles. The number of nitrogens with one attached hydrogen (secondary N) is 2. The van der Waals surface area contributed by atoms with E-state index in [2.05, 4.69) is 15.5 Å². The van der Waals surface area contributed by atoms with E-state index in [1.807, 2.05) is 0 Å². The number of halogens is 6. The molecule has 0 saturated heterocycles. The van der Waals surface area contributed by atoms with Gasteiger partial charge in [-0.1, -0.05) is 6.07 Å². The van der Waals surface area contributed by atoms with Gasteiger partial charge in [0.2, 0.25) is 0 Å². The maximum atomic E-state index is 13.9. The van der Waals surface area contributed by atoms with Gasteiger partial charge in [0.15, 0.2) is 0 Å². The van der Waals surface area contributed by atoms with Crippen molar-refractivity contribution in [3.8, 4) is 11.5 Å². The Morgan fingerprint density at radius 1 is 1.03 bits per heavy atom. The lowest BCUT2D eigenvalue weighted by Gasteiger charge is -2.21. The van der Waals surface area contributed by atoms with Crippen LogP contribution in [0, 0.1) is 12.7 Å². The van der Waals surface area contributed by atoms with Crippen LogP contribution in [0.1, 0.15) is 21.5 Å². The lowest BCUT2D eigenvalue weighted by Crippen LogP contribution is -2.33. The van der Waals surface area contributed by atoms with Crippen LogP contribution in [-0.4, -0.2) is 22.3 Å². The van der Waals surface area contributed by atoms with Gasteiger partial charge in [0, 0.05) is 11.6 Å². The van der Waals surface area contributed by atoms with Gasteiger partial charge in [0.25, 0.3) is 11.5 Å². The van der Waals surface area contributed by atoms with Crippen LogP contribution in [0.15, 0.2) is 53.5 Å². The predicted octanol–water partition coefficient (Wildman–Crippen LogP) is 4.92. The number of anilines is 1. The fourth-order valence-electron chi connectivity index (χ4n) is 2.64. The smallest absolute Gasteiger partial charge is 0.456 e. The molecule has 0 aliphatic rings. The second-order valence-corrected chi connectivity index (χ2v) is 6.58. The third-order valence-corrected chi connectivity index (χ3v) is 4.22. The zero-order valence-electron chi connectivity index (χ0n) is 16.1. The van der Waals surface area contributed by atoms with E-state index >= 15 is 0 Å². The first kappa shape index (κ1) is 22.8. The zero-order chi connectivity index (χ0) is 23.7. The Labute approximate surface area is 175 Å². The molecule has 0 radical (unpaired) electrons. The number of carbonyl (C=O) groups is 1. The molecule has 0 bridgehead atoms. The molecule has 1 aromatic heterocycles. The summed E-state index contributed by atoms with van der Waals surface area (Å²) >= 11 is 0. The summed E-state index contributed by atoms with van der Waals surface area (Å²) in [7, 11) is 0. The largest absolute Gasteiger partial charge is 0.458 e. The fraction of sp³-hybridized carbons (Fsp3) is 0.150. The Balaban J connectivity index is 2.07. The van der Waals surface area contributed by atoms with Crippen molar-refractivity contribution < 1.29 is 35.9 Å². The summed E-state index contributed by atoms with van der Waals surface area (Å²) in [6.45, 7) is 1.41. The van der Waals surface area contributed by atoms with Crippen LogP contribution in [0.5, 0.6) is 11.5 Å². The van der Waals surface area contributed by atoms with Gasteiger partial charge in [-0.2, -0.15) is 27.1 Å². The third kappa shape index (κ3) is 4.74. The molecule has 0 saturated carbocycles. The van der Waals surface area contributed by atoms with Crippen LogP contribution in [0.3, 0.4) is 0 Å². The number of hydrogen-bond donors (Lipinski definition) is 2. The highest BCUT2D eigenvalue weighted by atomic mass is 19.4. The lowest BCUT2D eigenvalue weighted by molar-refractivity contribution is -0.289. The molecule has 3 aromatic rings. The van der Waals surface area contributed by atoms with E-state index in [0.29, 0.717) is 12.1 Å². The Kier molecular flexibility index (Phi) is 5.97. The molecule has 0 spiro atoms. The van der Waals surface area contributed by atoms with E-state index in [9.17, 15) is 35.9 Å². The Bertz CT molecular complexity index is 1220. The Hall–Kier alpha value is -3.83. The lowest BCUT2D eigenvalue weighted by atomic mass is 10.0. The number of H-pyrrole nitrogens is 1. The molecule has 1 amide bonds. The molecule has 0 atom stereocenters. The third-order valence-electron chi connectivity index (χ3n) is 4.22. The van der Waals surface area contributed by atoms with Crippen molar-refractivity contribution in [3.05, 3.63) is 81.5 Å². The quantitative estimate of drug-likeness (QED) is 0.533. The SMILES string of the molecule is Cc1cc(F)ccc1Oc1cc(C(F)(F)C(F)(F)F)ccc1C(=O)Nc1cn[nH]c(=O)c1. The number of aromatic amines is 1. The molecule has 2 aromatic carbocycles. The number of rotatable bonds is 5. The van der Waals surface area contributed by atoms with Crippen LogP contribution >= 0.6 is 0 Å². The van der Waals surface area contributed by atoms with Gasteiger partial charge in [-0.15, -0.1) is 0 Å². The number of aryl methyl sites for hydroxylation is 1. The minimum absolute atomic E-state index is 0.0626. The first-order valence-electron chi connectivity index (χ1n) is 8.77. The maximum absolute atomic E-state index is 13.9. The molecule has 12 heteroatoms. The Morgan fingerprint density at radius 2 is 1.75 bits per heavy atom. The maximum Gasteiger partial charge on any atom is 0.458 e. The summed E-state index contributed by atoms with van der Waals surface area (Å²) in [4.78, 5) is 23.9. The second kappa shape index (κ2) is 8.36. The minimum Gasteiger partial charge on any atom is -0.456 e. The van der Waals surface area contributed by atoms with E-state index in [1.165, 1.54) is 6.92 Å². The molecule has 0 fully saturated rings. The van der Waals surface area contributed by atoms with Crippen molar-refractivity contribution >= 4 is 11.6 Å². The molecule has 0 unspecified atom stereocenters. The highest BCUT2D eigenvalue weighted by Gasteiger charge is 2.58. The van der Waals surface area contributed by atoms with Crippen molar-refractivity contribution in [3.63, 3.8) is 0 Å². The van der Waals surface area contributed by atoms with Gasteiger partial charge in [-0.3, -0.25) is 9.59 Å². The van der Waals surface area contributed by atoms with Gasteiger partial charge in [-0.25, -0.2) is 9.49 Å². The van der Waals surface area contributed by atoms with E-state index < -0.39 is 46.3 Å². The predicted molar refractivity (Wildman–Crippen MR) is 100 cm³/mol. The highest BCUT2D eigenvalue weighted by Crippen LogP contribution is 2.45. The number of hydrogen-bond acceptors (Lipinski definition) is 4. The van der Waals surface area contributed by atoms with Crippen molar-refractivity contribution in [2.75, 3.05) is 5.32 Å². The Morgan fingerprint density at radius 3 is 2.38 bits per heavy atom. The average molecular weight is 457 g/mol. The number of aromatic nitrogens is 2. The standard InChI is InChI=1S/C20H13F6N3O3/c1-10-6-12(21)3-5-15(10)32-16-7-11(19(22,23)20(24,25)26)2-4-14(16)18(31)28-13-8-17(30)29-27-9-13/h2-9H,1H3,(H2,28,29,30,31). The first-order valence-corrected chi connectivity index (χ1v) is 8.77.